The molecule has 0 amide bonds. The van der Waals surface area contributed by atoms with E-state index >= 15 is 0 Å². The van der Waals surface area contributed by atoms with E-state index in [0.29, 0.717) is 6.04 Å². The molecule has 1 heterocycles. The highest BCUT2D eigenvalue weighted by Crippen LogP contribution is 2.37. The van der Waals surface area contributed by atoms with Crippen LogP contribution in [0.15, 0.2) is 47.4 Å². The molecule has 1 fully saturated rings. The third-order valence-corrected chi connectivity index (χ3v) is 6.23. The fraction of sp³-hybridized carbons (Fsp3) is 0.478. The second-order valence-electron chi connectivity index (χ2n) is 8.23. The molecule has 2 unspecified atom stereocenters. The molecule has 4 rings (SSSR count). The third kappa shape index (κ3) is 3.58. The van der Waals surface area contributed by atoms with Gasteiger partial charge in [-0.05, 0) is 38.7 Å². The number of ketones is 2. The first-order valence-corrected chi connectivity index (χ1v) is 10.1. The Morgan fingerprint density at radius 2 is 1.81 bits per heavy atom. The Labute approximate surface area is 161 Å². The molecule has 1 saturated carbocycles. The van der Waals surface area contributed by atoms with E-state index in [4.69, 9.17) is 0 Å². The lowest BCUT2D eigenvalue weighted by Crippen LogP contribution is -2.42. The fourth-order valence-corrected chi connectivity index (χ4v) is 4.57. The second kappa shape index (κ2) is 7.34. The molecular formula is C23H28N2O2. The highest BCUT2D eigenvalue weighted by atomic mass is 16.1. The van der Waals surface area contributed by atoms with Gasteiger partial charge in [0.2, 0.25) is 0 Å². The lowest BCUT2D eigenvalue weighted by atomic mass is 9.75. The summed E-state index contributed by atoms with van der Waals surface area (Å²) in [6.45, 7) is 3.99. The molecule has 2 N–H and O–H groups in total. The maximum absolute atomic E-state index is 12.8. The number of carbonyl (C=O) groups is 2. The van der Waals surface area contributed by atoms with Gasteiger partial charge in [-0.3, -0.25) is 9.59 Å². The van der Waals surface area contributed by atoms with Gasteiger partial charge in [-0.25, -0.2) is 0 Å². The topological polar surface area (TPSA) is 58.2 Å². The van der Waals surface area contributed by atoms with Gasteiger partial charge >= 0.3 is 0 Å². The molecule has 1 aromatic rings. The molecule has 3 aliphatic rings. The quantitative estimate of drug-likeness (QED) is 0.802. The molecule has 0 aromatic heterocycles. The van der Waals surface area contributed by atoms with Gasteiger partial charge in [-0.1, -0.05) is 42.7 Å². The standard InChI is InChI=1S/C23H28N2O2/c1-14-7-9-16(10-8-14)11-18-19(25-17-5-3-4-6-17)13-24-23-15(2)20(26)12-21(27)22(18)23/h7-10,13,15,17-18,24-25H,3-6,11-12H2,1-2H3. The van der Waals surface area contributed by atoms with E-state index in [1.165, 1.54) is 36.8 Å². The Balaban J connectivity index is 1.67. The fourth-order valence-electron chi connectivity index (χ4n) is 4.57. The Bertz CT molecular complexity index is 813. The summed E-state index contributed by atoms with van der Waals surface area (Å²) in [6, 6.07) is 9.01. The Hall–Kier alpha value is -2.36. The van der Waals surface area contributed by atoms with Gasteiger partial charge in [0.05, 0.1) is 12.3 Å². The zero-order valence-corrected chi connectivity index (χ0v) is 16.2. The highest BCUT2D eigenvalue weighted by Gasteiger charge is 2.39. The van der Waals surface area contributed by atoms with E-state index < -0.39 is 0 Å². The van der Waals surface area contributed by atoms with Crippen molar-refractivity contribution in [1.82, 2.24) is 10.6 Å². The lowest BCUT2D eigenvalue weighted by molar-refractivity contribution is -0.128. The second-order valence-corrected chi connectivity index (χ2v) is 8.23. The van der Waals surface area contributed by atoms with E-state index in [2.05, 4.69) is 41.8 Å². The molecule has 1 aliphatic heterocycles. The average Bonchev–Trinajstić information content (AvgIpc) is 3.16. The van der Waals surface area contributed by atoms with Crippen LogP contribution in [0.25, 0.3) is 0 Å². The molecule has 1 aromatic carbocycles. The molecule has 2 atom stereocenters. The van der Waals surface area contributed by atoms with Crippen molar-refractivity contribution in [3.05, 3.63) is 58.6 Å². The first-order chi connectivity index (χ1) is 13.0. The van der Waals surface area contributed by atoms with Crippen LogP contribution in [-0.4, -0.2) is 17.6 Å². The minimum absolute atomic E-state index is 0.00685. The summed E-state index contributed by atoms with van der Waals surface area (Å²) in [5.41, 5.74) is 5.17. The minimum Gasteiger partial charge on any atom is -0.384 e. The number of allylic oxidation sites excluding steroid dienone is 2. The van der Waals surface area contributed by atoms with Crippen LogP contribution in [0.1, 0.15) is 50.2 Å². The predicted molar refractivity (Wildman–Crippen MR) is 106 cm³/mol. The van der Waals surface area contributed by atoms with Gasteiger partial charge in [0, 0.05) is 35.1 Å². The van der Waals surface area contributed by atoms with Gasteiger partial charge in [-0.2, -0.15) is 0 Å². The zero-order valence-electron chi connectivity index (χ0n) is 16.2. The van der Waals surface area contributed by atoms with E-state index in [-0.39, 0.29) is 29.8 Å². The first-order valence-electron chi connectivity index (χ1n) is 10.1. The van der Waals surface area contributed by atoms with Crippen LogP contribution in [0.4, 0.5) is 0 Å². The molecule has 27 heavy (non-hydrogen) atoms. The predicted octanol–water partition coefficient (Wildman–Crippen LogP) is 3.56. The molecular weight excluding hydrogens is 336 g/mol. The average molecular weight is 364 g/mol. The Morgan fingerprint density at radius 3 is 2.52 bits per heavy atom. The van der Waals surface area contributed by atoms with Gasteiger partial charge in [-0.15, -0.1) is 0 Å². The maximum atomic E-state index is 12.8. The number of benzene rings is 1. The van der Waals surface area contributed by atoms with E-state index in [0.717, 1.165) is 23.4 Å². The maximum Gasteiger partial charge on any atom is 0.168 e. The summed E-state index contributed by atoms with van der Waals surface area (Å²) >= 11 is 0. The van der Waals surface area contributed by atoms with Crippen molar-refractivity contribution >= 4 is 11.6 Å². The number of nitrogens with one attached hydrogen (secondary N) is 2. The van der Waals surface area contributed by atoms with Crippen LogP contribution >= 0.6 is 0 Å². The van der Waals surface area contributed by atoms with Crippen molar-refractivity contribution in [1.29, 1.82) is 0 Å². The van der Waals surface area contributed by atoms with Crippen LogP contribution in [0.5, 0.6) is 0 Å². The van der Waals surface area contributed by atoms with Crippen molar-refractivity contribution in [2.45, 2.75) is 58.4 Å². The SMILES string of the molecule is Cc1ccc(CC2C(NC3CCCC3)=CNC3=C2C(=O)CC(=O)C3C)cc1. The van der Waals surface area contributed by atoms with Crippen molar-refractivity contribution in [3.8, 4) is 0 Å². The number of rotatable bonds is 4. The molecule has 0 spiro atoms. The Morgan fingerprint density at radius 1 is 1.11 bits per heavy atom. The smallest absolute Gasteiger partial charge is 0.168 e. The molecule has 4 heteroatoms. The highest BCUT2D eigenvalue weighted by molar-refractivity contribution is 6.13. The summed E-state index contributed by atoms with van der Waals surface area (Å²) in [5.74, 6) is -0.243. The van der Waals surface area contributed by atoms with Gasteiger partial charge in [0.25, 0.3) is 0 Å². The molecule has 0 saturated heterocycles. The van der Waals surface area contributed by atoms with E-state index in [1.54, 1.807) is 0 Å². The van der Waals surface area contributed by atoms with Crippen molar-refractivity contribution in [2.24, 2.45) is 11.8 Å². The Kier molecular flexibility index (Phi) is 4.90. The van der Waals surface area contributed by atoms with Crippen LogP contribution in [0.3, 0.4) is 0 Å². The monoisotopic (exact) mass is 364 g/mol. The number of Topliss-reactive ketones (excluding diaryl/α,β-unsaturated/α-hetero) is 2. The van der Waals surface area contributed by atoms with Crippen LogP contribution < -0.4 is 10.6 Å². The van der Waals surface area contributed by atoms with Crippen molar-refractivity contribution in [2.75, 3.05) is 0 Å². The number of dihydropyridines is 1. The van der Waals surface area contributed by atoms with Crippen molar-refractivity contribution < 1.29 is 9.59 Å². The zero-order chi connectivity index (χ0) is 19.0. The summed E-state index contributed by atoms with van der Waals surface area (Å²) in [7, 11) is 0. The van der Waals surface area contributed by atoms with Crippen LogP contribution in [0, 0.1) is 18.8 Å². The molecule has 4 nitrogen and oxygen atoms in total. The molecule has 0 radical (unpaired) electrons. The van der Waals surface area contributed by atoms with Gasteiger partial charge in [0.1, 0.15) is 5.78 Å². The summed E-state index contributed by atoms with van der Waals surface area (Å²) in [6.07, 6.45) is 7.70. The number of aryl methyl sites for hydroxylation is 1. The summed E-state index contributed by atoms with van der Waals surface area (Å²) < 4.78 is 0. The van der Waals surface area contributed by atoms with Crippen LogP contribution in [-0.2, 0) is 16.0 Å². The number of hydrogen-bond donors (Lipinski definition) is 2. The van der Waals surface area contributed by atoms with E-state index in [9.17, 15) is 9.59 Å². The molecule has 142 valence electrons. The number of carbonyl (C=O) groups excluding carboxylic acids is 2. The van der Waals surface area contributed by atoms with E-state index in [1.807, 2.05) is 13.1 Å². The lowest BCUT2D eigenvalue weighted by Gasteiger charge is -2.36. The first kappa shape index (κ1) is 18.0. The normalized spacial score (nSPS) is 25.9. The number of hydrogen-bond acceptors (Lipinski definition) is 4. The minimum atomic E-state index is -0.234. The molecule has 2 aliphatic carbocycles. The van der Waals surface area contributed by atoms with Gasteiger partial charge in [0.15, 0.2) is 5.78 Å². The third-order valence-electron chi connectivity index (χ3n) is 6.23. The van der Waals surface area contributed by atoms with Crippen molar-refractivity contribution in [3.63, 3.8) is 0 Å². The molecule has 0 bridgehead atoms. The largest absolute Gasteiger partial charge is 0.384 e. The van der Waals surface area contributed by atoms with Crippen LogP contribution in [0.2, 0.25) is 0 Å². The summed E-state index contributed by atoms with van der Waals surface area (Å²) in [5, 5.41) is 7.00. The van der Waals surface area contributed by atoms with Gasteiger partial charge < -0.3 is 10.6 Å². The summed E-state index contributed by atoms with van der Waals surface area (Å²) in [4.78, 5) is 25.0.